The van der Waals surface area contributed by atoms with Gasteiger partial charge in [0.1, 0.15) is 6.61 Å². The third-order valence-electron chi connectivity index (χ3n) is 3.71. The number of rotatable bonds is 6. The van der Waals surface area contributed by atoms with Crippen molar-refractivity contribution < 1.29 is 27.5 Å². The predicted molar refractivity (Wildman–Crippen MR) is 95.9 cm³/mol. The molecule has 0 aromatic heterocycles. The van der Waals surface area contributed by atoms with Gasteiger partial charge >= 0.3 is 12.1 Å². The van der Waals surface area contributed by atoms with Gasteiger partial charge in [-0.25, -0.2) is 4.79 Å². The average molecular weight is 400 g/mol. The van der Waals surface area contributed by atoms with Crippen molar-refractivity contribution in [3.05, 3.63) is 69.7 Å². The number of esters is 1. The molecule has 0 spiro atoms. The van der Waals surface area contributed by atoms with Gasteiger partial charge in [0.15, 0.2) is 0 Å². The molecule has 0 bridgehead atoms. The molecule has 2 rings (SSSR count). The highest BCUT2D eigenvalue weighted by Gasteiger charge is 2.34. The molecule has 0 unspecified atom stereocenters. The zero-order chi connectivity index (χ0) is 20.0. The van der Waals surface area contributed by atoms with Crippen molar-refractivity contribution >= 4 is 23.3 Å². The van der Waals surface area contributed by atoms with Crippen molar-refractivity contribution in [1.82, 2.24) is 0 Å². The minimum atomic E-state index is -4.53. The molecule has 8 heteroatoms. The molecule has 0 fully saturated rings. The van der Waals surface area contributed by atoms with Crippen LogP contribution in [-0.4, -0.2) is 18.8 Å². The number of halogens is 4. The molecule has 0 saturated heterocycles. The Bertz CT molecular complexity index is 833. The minimum Gasteiger partial charge on any atom is -0.465 e. The Kier molecular flexibility index (Phi) is 6.85. The zero-order valence-corrected chi connectivity index (χ0v) is 15.4. The Hall–Kier alpha value is -2.54. The van der Waals surface area contributed by atoms with Gasteiger partial charge in [-0.1, -0.05) is 35.8 Å². The van der Waals surface area contributed by atoms with Crippen LogP contribution >= 0.6 is 11.6 Å². The summed E-state index contributed by atoms with van der Waals surface area (Å²) in [6.07, 6.45) is -4.30. The van der Waals surface area contributed by atoms with Gasteiger partial charge in [0, 0.05) is 10.6 Å². The highest BCUT2D eigenvalue weighted by molar-refractivity contribution is 6.31. The highest BCUT2D eigenvalue weighted by Crippen LogP contribution is 2.34. The first-order chi connectivity index (χ1) is 12.8. The van der Waals surface area contributed by atoms with Crippen molar-refractivity contribution in [3.63, 3.8) is 0 Å². The summed E-state index contributed by atoms with van der Waals surface area (Å²) >= 11 is 5.85. The first-order valence-corrected chi connectivity index (χ1v) is 8.37. The molecule has 0 saturated carbocycles. The molecule has 144 valence electrons. The third-order valence-corrected chi connectivity index (χ3v) is 3.95. The number of carbonyl (C=O) groups is 1. The van der Waals surface area contributed by atoms with E-state index in [-0.39, 0.29) is 29.3 Å². The van der Waals surface area contributed by atoms with E-state index in [1.165, 1.54) is 19.2 Å². The topological polar surface area (TPSA) is 47.9 Å². The van der Waals surface area contributed by atoms with Crippen molar-refractivity contribution in [3.8, 4) is 0 Å². The average Bonchev–Trinajstić information content (AvgIpc) is 2.64. The molecule has 4 nitrogen and oxygen atoms in total. The highest BCUT2D eigenvalue weighted by atomic mass is 35.5. The number of nitrogens with zero attached hydrogens (tertiary/aromatic N) is 1. The first-order valence-electron chi connectivity index (χ1n) is 7.99. The SMILES string of the molecule is CC/C(=N\OCc1ccc(C(=O)OC)cc1)c1cc(Cl)ccc1C(F)(F)F. The third kappa shape index (κ3) is 5.47. The number of ether oxygens (including phenoxy) is 1. The molecule has 0 heterocycles. The maximum Gasteiger partial charge on any atom is 0.417 e. The van der Waals surface area contributed by atoms with Crippen LogP contribution in [-0.2, 0) is 22.4 Å². The molecule has 0 aliphatic heterocycles. The smallest absolute Gasteiger partial charge is 0.417 e. The number of alkyl halides is 3. The van der Waals surface area contributed by atoms with E-state index in [1.807, 2.05) is 0 Å². The number of hydrogen-bond acceptors (Lipinski definition) is 4. The molecule has 0 atom stereocenters. The number of carbonyl (C=O) groups excluding carboxylic acids is 1. The number of benzene rings is 2. The largest absolute Gasteiger partial charge is 0.465 e. The fourth-order valence-electron chi connectivity index (χ4n) is 2.35. The van der Waals surface area contributed by atoms with E-state index < -0.39 is 17.7 Å². The number of oxime groups is 1. The maximum atomic E-state index is 13.2. The van der Waals surface area contributed by atoms with Gasteiger partial charge in [0.05, 0.1) is 23.9 Å². The lowest BCUT2D eigenvalue weighted by molar-refractivity contribution is -0.137. The van der Waals surface area contributed by atoms with Gasteiger partial charge in [-0.3, -0.25) is 0 Å². The van der Waals surface area contributed by atoms with E-state index in [4.69, 9.17) is 16.4 Å². The van der Waals surface area contributed by atoms with E-state index in [0.29, 0.717) is 11.1 Å². The van der Waals surface area contributed by atoms with Crippen LogP contribution in [0.3, 0.4) is 0 Å². The second kappa shape index (κ2) is 8.90. The van der Waals surface area contributed by atoms with Crippen molar-refractivity contribution in [2.45, 2.75) is 26.1 Å². The summed E-state index contributed by atoms with van der Waals surface area (Å²) < 4.78 is 44.3. The summed E-state index contributed by atoms with van der Waals surface area (Å²) in [6.45, 7) is 1.71. The predicted octanol–water partition coefficient (Wildman–Crippen LogP) is 5.48. The normalized spacial score (nSPS) is 12.0. The van der Waals surface area contributed by atoms with Gasteiger partial charge in [0.2, 0.25) is 0 Å². The van der Waals surface area contributed by atoms with E-state index in [9.17, 15) is 18.0 Å². The number of hydrogen-bond donors (Lipinski definition) is 0. The molecule has 27 heavy (non-hydrogen) atoms. The summed E-state index contributed by atoms with van der Waals surface area (Å²) in [5.74, 6) is -0.464. The second-order valence-corrected chi connectivity index (χ2v) is 5.98. The molecular formula is C19H17ClF3NO3. The van der Waals surface area contributed by atoms with Crippen LogP contribution in [0.25, 0.3) is 0 Å². The van der Waals surface area contributed by atoms with Crippen LogP contribution in [0.1, 0.15) is 40.4 Å². The van der Waals surface area contributed by atoms with Crippen LogP contribution in [0.5, 0.6) is 0 Å². The van der Waals surface area contributed by atoms with Crippen molar-refractivity contribution in [2.24, 2.45) is 5.16 Å². The van der Waals surface area contributed by atoms with Crippen molar-refractivity contribution in [1.29, 1.82) is 0 Å². The summed E-state index contributed by atoms with van der Waals surface area (Å²) in [6, 6.07) is 9.75. The van der Waals surface area contributed by atoms with Crippen LogP contribution in [0.2, 0.25) is 5.02 Å². The van der Waals surface area contributed by atoms with Crippen LogP contribution in [0, 0.1) is 0 Å². The quantitative estimate of drug-likeness (QED) is 0.367. The lowest BCUT2D eigenvalue weighted by Gasteiger charge is -2.14. The van der Waals surface area contributed by atoms with E-state index in [2.05, 4.69) is 9.89 Å². The fraction of sp³-hybridized carbons (Fsp3) is 0.263. The Morgan fingerprint density at radius 2 is 1.81 bits per heavy atom. The second-order valence-electron chi connectivity index (χ2n) is 5.54. The van der Waals surface area contributed by atoms with Gasteiger partial charge in [-0.05, 0) is 42.3 Å². The zero-order valence-electron chi connectivity index (χ0n) is 14.6. The van der Waals surface area contributed by atoms with E-state index in [0.717, 1.165) is 6.07 Å². The molecular weight excluding hydrogens is 383 g/mol. The Morgan fingerprint density at radius 3 is 2.37 bits per heavy atom. The minimum absolute atomic E-state index is 0.0346. The van der Waals surface area contributed by atoms with Gasteiger partial charge in [-0.2, -0.15) is 13.2 Å². The Morgan fingerprint density at radius 1 is 1.15 bits per heavy atom. The Balaban J connectivity index is 2.18. The summed E-state index contributed by atoms with van der Waals surface area (Å²) in [4.78, 5) is 16.6. The van der Waals surface area contributed by atoms with Crippen LogP contribution in [0.4, 0.5) is 13.2 Å². The Labute approximate surface area is 159 Å². The standard InChI is InChI=1S/C19H17ClF3NO3/c1-3-17(15-10-14(20)8-9-16(15)19(21,22)23)24-27-11-12-4-6-13(7-5-12)18(25)26-2/h4-10H,3,11H2,1-2H3/b24-17+. The molecule has 2 aromatic rings. The maximum absolute atomic E-state index is 13.2. The molecule has 0 aliphatic rings. The number of methoxy groups -OCH3 is 1. The van der Waals surface area contributed by atoms with E-state index >= 15 is 0 Å². The van der Waals surface area contributed by atoms with Crippen LogP contribution < -0.4 is 0 Å². The summed E-state index contributed by atoms with van der Waals surface area (Å²) in [7, 11) is 1.28. The molecule has 0 amide bonds. The summed E-state index contributed by atoms with van der Waals surface area (Å²) in [5.41, 5.74) is 0.282. The first kappa shape index (κ1) is 20.8. The summed E-state index contributed by atoms with van der Waals surface area (Å²) in [5, 5.41) is 4.04. The van der Waals surface area contributed by atoms with Gasteiger partial charge in [0.25, 0.3) is 0 Å². The molecule has 0 aliphatic carbocycles. The van der Waals surface area contributed by atoms with E-state index in [1.54, 1.807) is 31.2 Å². The van der Waals surface area contributed by atoms with Gasteiger partial charge in [-0.15, -0.1) is 0 Å². The monoisotopic (exact) mass is 399 g/mol. The van der Waals surface area contributed by atoms with Crippen molar-refractivity contribution in [2.75, 3.05) is 7.11 Å². The lowest BCUT2D eigenvalue weighted by Crippen LogP contribution is -2.13. The van der Waals surface area contributed by atoms with Crippen LogP contribution in [0.15, 0.2) is 47.6 Å². The van der Waals surface area contributed by atoms with Gasteiger partial charge < -0.3 is 9.57 Å². The molecule has 0 N–H and O–H groups in total. The molecule has 2 aromatic carbocycles. The lowest BCUT2D eigenvalue weighted by atomic mass is 10.0. The molecule has 0 radical (unpaired) electrons. The fourth-order valence-corrected chi connectivity index (χ4v) is 2.52.